The Hall–Kier alpha value is -2.03. The quantitative estimate of drug-likeness (QED) is 0.783. The van der Waals surface area contributed by atoms with Crippen molar-refractivity contribution >= 4 is 44.2 Å². The molecule has 0 spiro atoms. The Bertz CT molecular complexity index is 768. The van der Waals surface area contributed by atoms with Gasteiger partial charge in [-0.15, -0.1) is 0 Å². The first-order valence-corrected chi connectivity index (χ1v) is 8.61. The molecule has 0 radical (unpaired) electrons. The van der Waals surface area contributed by atoms with Crippen molar-refractivity contribution in [3.8, 4) is 0 Å². The maximum atomic E-state index is 12.7. The van der Waals surface area contributed by atoms with Gasteiger partial charge in [0.1, 0.15) is 0 Å². The van der Waals surface area contributed by atoms with Crippen molar-refractivity contribution in [3.63, 3.8) is 0 Å². The third kappa shape index (κ3) is 3.40. The van der Waals surface area contributed by atoms with Gasteiger partial charge in [-0.1, -0.05) is 11.3 Å². The van der Waals surface area contributed by atoms with Crippen molar-refractivity contribution in [1.29, 1.82) is 0 Å². The van der Waals surface area contributed by atoms with E-state index in [9.17, 15) is 9.59 Å². The van der Waals surface area contributed by atoms with E-state index in [4.69, 9.17) is 10.5 Å². The first-order valence-electron chi connectivity index (χ1n) is 7.80. The van der Waals surface area contributed by atoms with Crippen LogP contribution in [0.4, 0.5) is 10.8 Å². The van der Waals surface area contributed by atoms with Crippen LogP contribution in [0.1, 0.15) is 19.8 Å². The van der Waals surface area contributed by atoms with Gasteiger partial charge >= 0.3 is 0 Å². The minimum absolute atomic E-state index is 0.0701. The summed E-state index contributed by atoms with van der Waals surface area (Å²) in [5, 5.41) is 6.18. The Morgan fingerprint density at radius 3 is 2.75 bits per heavy atom. The highest BCUT2D eigenvalue weighted by molar-refractivity contribution is 7.22. The molecule has 1 fully saturated rings. The number of fused-ring (bicyclic) bond motifs is 1. The Labute approximate surface area is 143 Å². The highest BCUT2D eigenvalue weighted by Gasteiger charge is 2.38. The molecule has 1 aromatic heterocycles. The van der Waals surface area contributed by atoms with E-state index in [0.717, 1.165) is 10.2 Å². The number of nitrogens with zero attached hydrogens (tertiary/aromatic N) is 1. The van der Waals surface area contributed by atoms with E-state index in [1.807, 2.05) is 12.1 Å². The predicted octanol–water partition coefficient (Wildman–Crippen LogP) is 1.95. The SMILES string of the molecule is CC(=O)Nc1nc2ccc(NC(=O)C3(CN)CCOCC3)cc2s1. The number of aromatic nitrogens is 1. The van der Waals surface area contributed by atoms with Crippen molar-refractivity contribution in [3.05, 3.63) is 18.2 Å². The fourth-order valence-electron chi connectivity index (χ4n) is 2.76. The largest absolute Gasteiger partial charge is 0.381 e. The second-order valence-electron chi connectivity index (χ2n) is 5.93. The molecule has 1 aliphatic rings. The second kappa shape index (κ2) is 6.84. The molecular formula is C16H20N4O3S. The lowest BCUT2D eigenvalue weighted by Gasteiger charge is -2.34. The number of rotatable bonds is 4. The number of thiazole rings is 1. The van der Waals surface area contributed by atoms with Crippen molar-refractivity contribution in [2.75, 3.05) is 30.4 Å². The van der Waals surface area contributed by atoms with Crippen LogP contribution >= 0.6 is 11.3 Å². The van der Waals surface area contributed by atoms with Gasteiger partial charge < -0.3 is 21.1 Å². The van der Waals surface area contributed by atoms with E-state index in [0.29, 0.717) is 43.4 Å². The smallest absolute Gasteiger partial charge is 0.232 e. The molecule has 7 nitrogen and oxygen atoms in total. The summed E-state index contributed by atoms with van der Waals surface area (Å²) in [5.74, 6) is -0.230. The van der Waals surface area contributed by atoms with Crippen LogP contribution in [-0.4, -0.2) is 36.6 Å². The molecule has 8 heteroatoms. The van der Waals surface area contributed by atoms with Crippen LogP contribution in [-0.2, 0) is 14.3 Å². The van der Waals surface area contributed by atoms with E-state index >= 15 is 0 Å². The number of anilines is 2. The number of nitrogens with one attached hydrogen (secondary N) is 2. The molecule has 1 aromatic carbocycles. The molecule has 0 aliphatic carbocycles. The van der Waals surface area contributed by atoms with Gasteiger partial charge in [-0.25, -0.2) is 4.98 Å². The summed E-state index contributed by atoms with van der Waals surface area (Å²) in [6, 6.07) is 5.49. The third-order valence-corrected chi connectivity index (χ3v) is 5.19. The van der Waals surface area contributed by atoms with Crippen molar-refractivity contribution in [1.82, 2.24) is 4.98 Å². The number of ether oxygens (including phenoxy) is 1. The van der Waals surface area contributed by atoms with Crippen LogP contribution in [0, 0.1) is 5.41 Å². The summed E-state index contributed by atoms with van der Waals surface area (Å²) in [4.78, 5) is 28.1. The minimum Gasteiger partial charge on any atom is -0.381 e. The maximum absolute atomic E-state index is 12.7. The van der Waals surface area contributed by atoms with Crippen LogP contribution in [0.25, 0.3) is 10.2 Å². The molecule has 2 amide bonds. The zero-order chi connectivity index (χ0) is 17.2. The Morgan fingerprint density at radius 2 is 2.08 bits per heavy atom. The molecular weight excluding hydrogens is 328 g/mol. The molecule has 4 N–H and O–H groups in total. The molecule has 1 saturated heterocycles. The molecule has 0 saturated carbocycles. The Balaban J connectivity index is 1.79. The number of hydrogen-bond donors (Lipinski definition) is 3. The average molecular weight is 348 g/mol. The van der Waals surface area contributed by atoms with Gasteiger partial charge in [-0.3, -0.25) is 9.59 Å². The van der Waals surface area contributed by atoms with E-state index in [2.05, 4.69) is 15.6 Å². The average Bonchev–Trinajstić information content (AvgIpc) is 2.96. The van der Waals surface area contributed by atoms with Crippen LogP contribution in [0.15, 0.2) is 18.2 Å². The number of amides is 2. The molecule has 0 unspecified atom stereocenters. The van der Waals surface area contributed by atoms with Gasteiger partial charge in [0.25, 0.3) is 0 Å². The lowest BCUT2D eigenvalue weighted by atomic mass is 9.79. The number of carbonyl (C=O) groups is 2. The third-order valence-electron chi connectivity index (χ3n) is 4.25. The van der Waals surface area contributed by atoms with Crippen molar-refractivity contribution < 1.29 is 14.3 Å². The fourth-order valence-corrected chi connectivity index (χ4v) is 3.71. The van der Waals surface area contributed by atoms with Crippen molar-refractivity contribution in [2.24, 2.45) is 11.1 Å². The monoisotopic (exact) mass is 348 g/mol. The number of hydrogen-bond acceptors (Lipinski definition) is 6. The number of benzene rings is 1. The number of nitrogens with two attached hydrogens (primary N) is 1. The van der Waals surface area contributed by atoms with Gasteiger partial charge in [-0.05, 0) is 31.0 Å². The van der Waals surface area contributed by atoms with Crippen LogP contribution in [0.2, 0.25) is 0 Å². The van der Waals surface area contributed by atoms with Crippen molar-refractivity contribution in [2.45, 2.75) is 19.8 Å². The summed E-state index contributed by atoms with van der Waals surface area (Å²) in [7, 11) is 0. The van der Waals surface area contributed by atoms with E-state index < -0.39 is 5.41 Å². The summed E-state index contributed by atoms with van der Waals surface area (Å²) < 4.78 is 6.24. The zero-order valence-corrected chi connectivity index (χ0v) is 14.2. The van der Waals surface area contributed by atoms with E-state index in [1.165, 1.54) is 18.3 Å². The Kier molecular flexibility index (Phi) is 4.79. The topological polar surface area (TPSA) is 106 Å². The molecule has 0 bridgehead atoms. The summed E-state index contributed by atoms with van der Waals surface area (Å²) >= 11 is 1.37. The Morgan fingerprint density at radius 1 is 1.33 bits per heavy atom. The summed E-state index contributed by atoms with van der Waals surface area (Å²) in [6.07, 6.45) is 1.26. The first-order chi connectivity index (χ1) is 11.5. The van der Waals surface area contributed by atoms with Gasteiger partial charge in [0.15, 0.2) is 5.13 Å². The molecule has 128 valence electrons. The summed E-state index contributed by atoms with van der Waals surface area (Å²) in [5.41, 5.74) is 6.78. The van der Waals surface area contributed by atoms with Gasteiger partial charge in [0, 0.05) is 32.4 Å². The zero-order valence-electron chi connectivity index (χ0n) is 13.4. The van der Waals surface area contributed by atoms with Gasteiger partial charge in [0.2, 0.25) is 11.8 Å². The maximum Gasteiger partial charge on any atom is 0.232 e. The number of carbonyl (C=O) groups excluding carboxylic acids is 2. The van der Waals surface area contributed by atoms with Crippen LogP contribution in [0.3, 0.4) is 0 Å². The lowest BCUT2D eigenvalue weighted by molar-refractivity contribution is -0.130. The summed E-state index contributed by atoms with van der Waals surface area (Å²) in [6.45, 7) is 2.85. The van der Waals surface area contributed by atoms with E-state index in [-0.39, 0.29) is 11.8 Å². The highest BCUT2D eigenvalue weighted by atomic mass is 32.1. The van der Waals surface area contributed by atoms with Gasteiger partial charge in [0.05, 0.1) is 15.6 Å². The standard InChI is InChI=1S/C16H20N4O3S/c1-10(21)18-15-20-12-3-2-11(8-13(12)24-15)19-14(22)16(9-17)4-6-23-7-5-16/h2-3,8H,4-7,9,17H2,1H3,(H,19,22)(H,18,20,21). The fraction of sp³-hybridized carbons (Fsp3) is 0.438. The second-order valence-corrected chi connectivity index (χ2v) is 6.96. The lowest BCUT2D eigenvalue weighted by Crippen LogP contribution is -2.46. The molecule has 3 rings (SSSR count). The molecule has 1 aliphatic heterocycles. The van der Waals surface area contributed by atoms with E-state index in [1.54, 1.807) is 6.07 Å². The first kappa shape index (κ1) is 16.8. The normalized spacial score (nSPS) is 16.8. The van der Waals surface area contributed by atoms with Gasteiger partial charge in [-0.2, -0.15) is 0 Å². The molecule has 0 atom stereocenters. The minimum atomic E-state index is -0.567. The molecule has 2 aromatic rings. The predicted molar refractivity (Wildman–Crippen MR) is 94.1 cm³/mol. The van der Waals surface area contributed by atoms with Crippen LogP contribution < -0.4 is 16.4 Å². The molecule has 2 heterocycles. The molecule has 24 heavy (non-hydrogen) atoms. The highest BCUT2D eigenvalue weighted by Crippen LogP contribution is 2.32. The van der Waals surface area contributed by atoms with Crippen LogP contribution in [0.5, 0.6) is 0 Å².